The molecule has 0 aromatic heterocycles. The molecule has 0 aromatic rings. The predicted molar refractivity (Wildman–Crippen MR) is 49.9 cm³/mol. The number of aliphatic hydroxyl groups is 1. The Balaban J connectivity index is 2.28. The van der Waals surface area contributed by atoms with E-state index in [1.54, 1.807) is 0 Å². The van der Waals surface area contributed by atoms with Gasteiger partial charge in [-0.1, -0.05) is 6.42 Å². The van der Waals surface area contributed by atoms with Crippen LogP contribution in [0, 0.1) is 0 Å². The largest absolute Gasteiger partial charge is 0.394 e. The van der Waals surface area contributed by atoms with Crippen molar-refractivity contribution in [2.75, 3.05) is 20.2 Å². The van der Waals surface area contributed by atoms with E-state index in [0.29, 0.717) is 6.04 Å². The monoisotopic (exact) mass is 172 g/mol. The van der Waals surface area contributed by atoms with Crippen LogP contribution in [0.1, 0.15) is 26.2 Å². The lowest BCUT2D eigenvalue weighted by Gasteiger charge is -2.38. The SMILES string of the molecule is CN(CC(C)(N)CO)C1CCC1. The van der Waals surface area contributed by atoms with Crippen molar-refractivity contribution in [3.05, 3.63) is 0 Å². The van der Waals surface area contributed by atoms with E-state index in [1.165, 1.54) is 19.3 Å². The summed E-state index contributed by atoms with van der Waals surface area (Å²) in [5.74, 6) is 0. The Bertz CT molecular complexity index is 143. The maximum atomic E-state index is 8.96. The summed E-state index contributed by atoms with van der Waals surface area (Å²) in [6.07, 6.45) is 3.92. The molecule has 72 valence electrons. The lowest BCUT2D eigenvalue weighted by molar-refractivity contribution is 0.103. The standard InChI is InChI=1S/C9H20N2O/c1-9(10,7-12)6-11(2)8-4-3-5-8/h8,12H,3-7,10H2,1-2H3. The van der Waals surface area contributed by atoms with Gasteiger partial charge in [0, 0.05) is 18.1 Å². The number of likely N-dealkylation sites (N-methyl/N-ethyl adjacent to an activating group) is 1. The second-order valence-corrected chi connectivity index (χ2v) is 4.31. The molecule has 0 radical (unpaired) electrons. The van der Waals surface area contributed by atoms with Crippen LogP contribution in [0.25, 0.3) is 0 Å². The van der Waals surface area contributed by atoms with Crippen LogP contribution in [-0.2, 0) is 0 Å². The fourth-order valence-electron chi connectivity index (χ4n) is 1.58. The summed E-state index contributed by atoms with van der Waals surface area (Å²) in [5, 5.41) is 8.96. The highest BCUT2D eigenvalue weighted by Gasteiger charge is 2.27. The number of aliphatic hydroxyl groups excluding tert-OH is 1. The van der Waals surface area contributed by atoms with Gasteiger partial charge in [-0.2, -0.15) is 0 Å². The molecular formula is C9H20N2O. The highest BCUT2D eigenvalue weighted by Crippen LogP contribution is 2.24. The zero-order valence-electron chi connectivity index (χ0n) is 8.08. The van der Waals surface area contributed by atoms with E-state index >= 15 is 0 Å². The van der Waals surface area contributed by atoms with Gasteiger partial charge in [-0.25, -0.2) is 0 Å². The molecule has 0 amide bonds. The first-order valence-electron chi connectivity index (χ1n) is 4.65. The Morgan fingerprint density at radius 3 is 2.50 bits per heavy atom. The van der Waals surface area contributed by atoms with E-state index in [2.05, 4.69) is 11.9 Å². The van der Waals surface area contributed by atoms with Crippen LogP contribution in [-0.4, -0.2) is 41.8 Å². The van der Waals surface area contributed by atoms with E-state index in [9.17, 15) is 0 Å². The molecule has 1 fully saturated rings. The normalized spacial score (nSPS) is 23.8. The Hall–Kier alpha value is -0.120. The van der Waals surface area contributed by atoms with E-state index in [1.807, 2.05) is 6.92 Å². The maximum absolute atomic E-state index is 8.96. The van der Waals surface area contributed by atoms with Crippen molar-refractivity contribution in [2.45, 2.75) is 37.8 Å². The van der Waals surface area contributed by atoms with Crippen molar-refractivity contribution in [2.24, 2.45) is 5.73 Å². The molecule has 1 rings (SSSR count). The van der Waals surface area contributed by atoms with Crippen molar-refractivity contribution in [3.63, 3.8) is 0 Å². The van der Waals surface area contributed by atoms with Gasteiger partial charge in [-0.15, -0.1) is 0 Å². The highest BCUT2D eigenvalue weighted by molar-refractivity contribution is 4.86. The number of hydrogen-bond donors (Lipinski definition) is 2. The lowest BCUT2D eigenvalue weighted by atomic mass is 9.90. The molecule has 1 aliphatic carbocycles. The number of hydrogen-bond acceptors (Lipinski definition) is 3. The molecule has 1 saturated carbocycles. The molecule has 0 spiro atoms. The molecule has 3 N–H and O–H groups in total. The predicted octanol–water partition coefficient (Wildman–Crippen LogP) is 0.180. The average Bonchev–Trinajstić information content (AvgIpc) is 1.82. The molecule has 0 aromatic carbocycles. The summed E-state index contributed by atoms with van der Waals surface area (Å²) in [6.45, 7) is 2.74. The Morgan fingerprint density at radius 1 is 1.58 bits per heavy atom. The molecular weight excluding hydrogens is 152 g/mol. The molecule has 1 unspecified atom stereocenters. The van der Waals surface area contributed by atoms with Crippen molar-refractivity contribution in [3.8, 4) is 0 Å². The Labute approximate surface area is 74.5 Å². The second kappa shape index (κ2) is 3.73. The lowest BCUT2D eigenvalue weighted by Crippen LogP contribution is -2.53. The van der Waals surface area contributed by atoms with Crippen LogP contribution in [0.15, 0.2) is 0 Å². The molecule has 1 atom stereocenters. The van der Waals surface area contributed by atoms with Crippen molar-refractivity contribution < 1.29 is 5.11 Å². The van der Waals surface area contributed by atoms with E-state index in [4.69, 9.17) is 10.8 Å². The van der Waals surface area contributed by atoms with E-state index in [-0.39, 0.29) is 6.61 Å². The minimum absolute atomic E-state index is 0.0596. The second-order valence-electron chi connectivity index (χ2n) is 4.31. The Kier molecular flexibility index (Phi) is 3.09. The molecule has 0 heterocycles. The Morgan fingerprint density at radius 2 is 2.17 bits per heavy atom. The fourth-order valence-corrected chi connectivity index (χ4v) is 1.58. The molecule has 0 aliphatic heterocycles. The van der Waals surface area contributed by atoms with Gasteiger partial charge >= 0.3 is 0 Å². The fraction of sp³-hybridized carbons (Fsp3) is 1.00. The number of nitrogens with zero attached hydrogens (tertiary/aromatic N) is 1. The smallest absolute Gasteiger partial charge is 0.0621 e. The molecule has 0 bridgehead atoms. The van der Waals surface area contributed by atoms with Crippen LogP contribution in [0.5, 0.6) is 0 Å². The number of rotatable bonds is 4. The summed E-state index contributed by atoms with van der Waals surface area (Å²) in [5.41, 5.74) is 5.40. The first-order chi connectivity index (χ1) is 5.55. The van der Waals surface area contributed by atoms with Gasteiger partial charge in [-0.05, 0) is 26.8 Å². The van der Waals surface area contributed by atoms with Crippen molar-refractivity contribution in [1.82, 2.24) is 4.90 Å². The zero-order chi connectivity index (χ0) is 9.19. The molecule has 3 heteroatoms. The third-order valence-electron chi connectivity index (χ3n) is 2.67. The van der Waals surface area contributed by atoms with Gasteiger partial charge in [0.05, 0.1) is 6.61 Å². The third-order valence-corrected chi connectivity index (χ3v) is 2.67. The summed E-state index contributed by atoms with van der Waals surface area (Å²) >= 11 is 0. The number of nitrogens with two attached hydrogens (primary N) is 1. The topological polar surface area (TPSA) is 49.5 Å². The molecule has 12 heavy (non-hydrogen) atoms. The van der Waals surface area contributed by atoms with Gasteiger partial charge in [0.15, 0.2) is 0 Å². The van der Waals surface area contributed by atoms with Gasteiger partial charge in [0.1, 0.15) is 0 Å². The van der Waals surface area contributed by atoms with Crippen LogP contribution in [0.2, 0.25) is 0 Å². The minimum atomic E-state index is -0.440. The molecule has 0 saturated heterocycles. The quantitative estimate of drug-likeness (QED) is 0.636. The van der Waals surface area contributed by atoms with Crippen LogP contribution >= 0.6 is 0 Å². The summed E-state index contributed by atoms with van der Waals surface area (Å²) in [7, 11) is 2.09. The first kappa shape index (κ1) is 9.96. The third kappa shape index (κ3) is 2.44. The van der Waals surface area contributed by atoms with Gasteiger partial charge < -0.3 is 15.7 Å². The van der Waals surface area contributed by atoms with E-state index < -0.39 is 5.54 Å². The summed E-state index contributed by atoms with van der Waals surface area (Å²) in [4.78, 5) is 2.26. The molecule has 1 aliphatic rings. The van der Waals surface area contributed by atoms with Crippen LogP contribution in [0.3, 0.4) is 0 Å². The van der Waals surface area contributed by atoms with Gasteiger partial charge in [0.25, 0.3) is 0 Å². The summed E-state index contributed by atoms with van der Waals surface area (Å²) < 4.78 is 0. The van der Waals surface area contributed by atoms with Crippen molar-refractivity contribution in [1.29, 1.82) is 0 Å². The van der Waals surface area contributed by atoms with Gasteiger partial charge in [0.2, 0.25) is 0 Å². The van der Waals surface area contributed by atoms with Gasteiger partial charge in [-0.3, -0.25) is 0 Å². The highest BCUT2D eigenvalue weighted by atomic mass is 16.3. The van der Waals surface area contributed by atoms with Crippen LogP contribution < -0.4 is 5.73 Å². The van der Waals surface area contributed by atoms with Crippen LogP contribution in [0.4, 0.5) is 0 Å². The minimum Gasteiger partial charge on any atom is -0.394 e. The summed E-state index contributed by atoms with van der Waals surface area (Å²) in [6, 6.07) is 0.708. The first-order valence-corrected chi connectivity index (χ1v) is 4.65. The maximum Gasteiger partial charge on any atom is 0.0621 e. The molecule has 3 nitrogen and oxygen atoms in total. The van der Waals surface area contributed by atoms with E-state index in [0.717, 1.165) is 6.54 Å². The van der Waals surface area contributed by atoms with Crippen molar-refractivity contribution >= 4 is 0 Å². The average molecular weight is 172 g/mol. The zero-order valence-corrected chi connectivity index (χ0v) is 8.08.